The molecule has 0 atom stereocenters. The molecule has 0 aromatic heterocycles. The molecule has 0 aliphatic rings. The summed E-state index contributed by atoms with van der Waals surface area (Å²) in [6.07, 6.45) is -4.76. The zero-order valence-electron chi connectivity index (χ0n) is 7.96. The summed E-state index contributed by atoms with van der Waals surface area (Å²) >= 11 is 0. The normalized spacial score (nSPS) is 12.8. The Hall–Kier alpha value is -1.11. The van der Waals surface area contributed by atoms with Crippen molar-refractivity contribution in [2.75, 3.05) is 5.75 Å². The molecule has 90 valence electrons. The van der Waals surface area contributed by atoms with E-state index in [1.165, 1.54) is 6.07 Å². The first-order chi connectivity index (χ1) is 7.18. The van der Waals surface area contributed by atoms with E-state index in [0.29, 0.717) is 0 Å². The fourth-order valence-corrected chi connectivity index (χ4v) is 1.62. The maximum absolute atomic E-state index is 12.2. The quantitative estimate of drug-likeness (QED) is 0.615. The molecule has 0 unspecified atom stereocenters. The Morgan fingerprint density at radius 1 is 1.19 bits per heavy atom. The van der Waals surface area contributed by atoms with E-state index >= 15 is 0 Å². The zero-order valence-corrected chi connectivity index (χ0v) is 8.78. The third-order valence-electron chi connectivity index (χ3n) is 1.89. The van der Waals surface area contributed by atoms with Crippen molar-refractivity contribution < 1.29 is 25.5 Å². The molecule has 1 aromatic rings. The molecule has 0 bridgehead atoms. The summed E-state index contributed by atoms with van der Waals surface area (Å²) in [6.45, 7) is 0. The van der Waals surface area contributed by atoms with Crippen LogP contribution in [0, 0.1) is 0 Å². The highest BCUT2D eigenvalue weighted by Crippen LogP contribution is 2.29. The third-order valence-corrected chi connectivity index (χ3v) is 2.58. The van der Waals surface area contributed by atoms with E-state index in [9.17, 15) is 25.5 Å². The van der Waals surface area contributed by atoms with Crippen molar-refractivity contribution in [2.24, 2.45) is 0 Å². The lowest BCUT2D eigenvalue weighted by Crippen LogP contribution is -2.07. The topological polar surface area (TPSA) is 34.1 Å². The highest BCUT2D eigenvalue weighted by Gasteiger charge is 2.30. The third kappa shape index (κ3) is 4.18. The van der Waals surface area contributed by atoms with Gasteiger partial charge in [0.25, 0.3) is 0 Å². The maximum atomic E-state index is 12.2. The van der Waals surface area contributed by atoms with Crippen molar-refractivity contribution in [2.45, 2.75) is 12.6 Å². The molecule has 1 rings (SSSR count). The fourth-order valence-electron chi connectivity index (χ4n) is 1.14. The number of hydrogen-bond donors (Lipinski definition) is 0. The molecule has 7 heteroatoms. The molecule has 0 saturated carbocycles. The van der Waals surface area contributed by atoms with Crippen LogP contribution in [0.2, 0.25) is 0 Å². The average molecular weight is 256 g/mol. The number of hydrogen-bond acceptors (Lipinski definition) is 2. The molecule has 0 saturated heterocycles. The van der Waals surface area contributed by atoms with E-state index < -0.39 is 27.7 Å². The van der Waals surface area contributed by atoms with Crippen LogP contribution in [-0.2, 0) is 22.8 Å². The average Bonchev–Trinajstić information content (AvgIpc) is 2.13. The first kappa shape index (κ1) is 13.0. The zero-order chi connectivity index (χ0) is 12.4. The largest absolute Gasteiger partial charge is 0.416 e. The summed E-state index contributed by atoms with van der Waals surface area (Å²) in [5, 5.41) is 0. The molecule has 0 heterocycles. The molecule has 1 aromatic carbocycles. The van der Waals surface area contributed by atoms with Crippen LogP contribution in [-0.4, -0.2) is 14.2 Å². The molecular weight excluding hydrogens is 248 g/mol. The fraction of sp³-hybridized carbons (Fsp3) is 0.333. The van der Waals surface area contributed by atoms with Gasteiger partial charge < -0.3 is 0 Å². The van der Waals surface area contributed by atoms with Crippen molar-refractivity contribution in [1.29, 1.82) is 0 Å². The van der Waals surface area contributed by atoms with Crippen molar-refractivity contribution in [3.05, 3.63) is 35.4 Å². The van der Waals surface area contributed by atoms with Crippen LogP contribution in [0.25, 0.3) is 0 Å². The van der Waals surface area contributed by atoms with Gasteiger partial charge in [-0.1, -0.05) is 18.2 Å². The maximum Gasteiger partial charge on any atom is 0.416 e. The molecule has 2 nitrogen and oxygen atoms in total. The predicted octanol–water partition coefficient (Wildman–Crippen LogP) is 2.55. The first-order valence-electron chi connectivity index (χ1n) is 4.27. The van der Waals surface area contributed by atoms with Crippen LogP contribution in [0.3, 0.4) is 0 Å². The smallest absolute Gasteiger partial charge is 0.195 e. The van der Waals surface area contributed by atoms with Crippen molar-refractivity contribution in [3.63, 3.8) is 0 Å². The van der Waals surface area contributed by atoms with Gasteiger partial charge in [0.15, 0.2) is 0 Å². The lowest BCUT2D eigenvalue weighted by atomic mass is 10.1. The van der Waals surface area contributed by atoms with Gasteiger partial charge in [0.1, 0.15) is 0 Å². The Kier molecular flexibility index (Phi) is 3.57. The number of halogens is 4. The molecule has 0 N–H and O–H groups in total. The van der Waals surface area contributed by atoms with Crippen LogP contribution >= 0.6 is 0 Å². The SMILES string of the molecule is O=S(=O)(F)CCc1cccc(C(F)(F)F)c1. The monoisotopic (exact) mass is 256 g/mol. The van der Waals surface area contributed by atoms with E-state index in [2.05, 4.69) is 0 Å². The molecule has 0 aliphatic heterocycles. The van der Waals surface area contributed by atoms with E-state index in [4.69, 9.17) is 0 Å². The Morgan fingerprint density at radius 3 is 2.31 bits per heavy atom. The minimum Gasteiger partial charge on any atom is -0.195 e. The van der Waals surface area contributed by atoms with Crippen LogP contribution in [0.5, 0.6) is 0 Å². The predicted molar refractivity (Wildman–Crippen MR) is 50.0 cm³/mol. The van der Waals surface area contributed by atoms with Gasteiger partial charge in [-0.2, -0.15) is 21.6 Å². The highest BCUT2D eigenvalue weighted by molar-refractivity contribution is 7.86. The van der Waals surface area contributed by atoms with Gasteiger partial charge in [-0.3, -0.25) is 0 Å². The van der Waals surface area contributed by atoms with E-state index in [0.717, 1.165) is 18.2 Å². The Morgan fingerprint density at radius 2 is 1.81 bits per heavy atom. The molecule has 16 heavy (non-hydrogen) atoms. The molecule has 0 aliphatic carbocycles. The van der Waals surface area contributed by atoms with E-state index in [-0.39, 0.29) is 12.0 Å². The number of benzene rings is 1. The second-order valence-electron chi connectivity index (χ2n) is 3.19. The van der Waals surface area contributed by atoms with E-state index in [1.54, 1.807) is 0 Å². The number of aryl methyl sites for hydroxylation is 1. The van der Waals surface area contributed by atoms with Gasteiger partial charge >= 0.3 is 16.4 Å². The Bertz CT molecular complexity index is 465. The van der Waals surface area contributed by atoms with Crippen molar-refractivity contribution >= 4 is 10.2 Å². The summed E-state index contributed by atoms with van der Waals surface area (Å²) in [5.74, 6) is -0.811. The summed E-state index contributed by atoms with van der Waals surface area (Å²) in [4.78, 5) is 0. The molecule has 0 amide bonds. The minimum absolute atomic E-state index is 0.135. The number of rotatable bonds is 3. The van der Waals surface area contributed by atoms with Gasteiger partial charge in [-0.05, 0) is 18.1 Å². The molecule has 0 fully saturated rings. The van der Waals surface area contributed by atoms with Gasteiger partial charge in [0.05, 0.1) is 11.3 Å². The highest BCUT2D eigenvalue weighted by atomic mass is 32.3. The van der Waals surface area contributed by atoms with Crippen LogP contribution in [0.15, 0.2) is 24.3 Å². The second-order valence-corrected chi connectivity index (χ2v) is 4.68. The summed E-state index contributed by atoms with van der Waals surface area (Å²) in [5.41, 5.74) is -0.739. The van der Waals surface area contributed by atoms with Crippen molar-refractivity contribution in [1.82, 2.24) is 0 Å². The summed E-state index contributed by atoms with van der Waals surface area (Å²) in [6, 6.07) is 4.15. The van der Waals surface area contributed by atoms with Gasteiger partial charge in [-0.25, -0.2) is 0 Å². The summed E-state index contributed by atoms with van der Waals surface area (Å²) in [7, 11) is -4.65. The van der Waals surface area contributed by atoms with Crippen molar-refractivity contribution in [3.8, 4) is 0 Å². The van der Waals surface area contributed by atoms with Crippen LogP contribution in [0.4, 0.5) is 17.1 Å². The van der Waals surface area contributed by atoms with Crippen LogP contribution < -0.4 is 0 Å². The molecule has 0 radical (unpaired) electrons. The standard InChI is InChI=1S/C9H8F4O2S/c10-9(11,12)8-3-1-2-7(6-8)4-5-16(13,14)15/h1-3,6H,4-5H2. The first-order valence-corrected chi connectivity index (χ1v) is 5.82. The molecule has 0 spiro atoms. The number of alkyl halides is 3. The van der Waals surface area contributed by atoms with Gasteiger partial charge in [-0.15, -0.1) is 3.89 Å². The van der Waals surface area contributed by atoms with E-state index in [1.807, 2.05) is 0 Å². The Balaban J connectivity index is 2.84. The lowest BCUT2D eigenvalue weighted by molar-refractivity contribution is -0.137. The second kappa shape index (κ2) is 4.40. The van der Waals surface area contributed by atoms with Gasteiger partial charge in [0.2, 0.25) is 0 Å². The lowest BCUT2D eigenvalue weighted by Gasteiger charge is -2.07. The minimum atomic E-state index is -4.65. The molecular formula is C9H8F4O2S. The summed E-state index contributed by atoms with van der Waals surface area (Å²) < 4.78 is 69.3. The van der Waals surface area contributed by atoms with Crippen LogP contribution in [0.1, 0.15) is 11.1 Å². The van der Waals surface area contributed by atoms with Gasteiger partial charge in [0, 0.05) is 0 Å². The Labute approximate surface area is 90.1 Å².